The van der Waals surface area contributed by atoms with Gasteiger partial charge in [0.2, 0.25) is 0 Å². The van der Waals surface area contributed by atoms with Gasteiger partial charge in [0.25, 0.3) is 0 Å². The van der Waals surface area contributed by atoms with Crippen LogP contribution in [0.5, 0.6) is 0 Å². The lowest BCUT2D eigenvalue weighted by Gasteiger charge is -2.22. The predicted octanol–water partition coefficient (Wildman–Crippen LogP) is 5.97. The molecule has 4 aromatic rings. The Balaban J connectivity index is 1.43. The molecule has 0 saturated carbocycles. The van der Waals surface area contributed by atoms with Gasteiger partial charge in [-0.05, 0) is 63.2 Å². The second kappa shape index (κ2) is 8.73. The molecule has 166 valence electrons. The third kappa shape index (κ3) is 3.96. The number of aromatic nitrogens is 4. The van der Waals surface area contributed by atoms with E-state index < -0.39 is 5.82 Å². The van der Waals surface area contributed by atoms with Crippen LogP contribution in [0, 0.1) is 5.82 Å². The van der Waals surface area contributed by atoms with E-state index in [-0.39, 0.29) is 11.1 Å². The van der Waals surface area contributed by atoms with Gasteiger partial charge in [-0.25, -0.2) is 4.39 Å². The summed E-state index contributed by atoms with van der Waals surface area (Å²) in [5.74, 6) is -0.488. The summed E-state index contributed by atoms with van der Waals surface area (Å²) in [6.45, 7) is 3.92. The van der Waals surface area contributed by atoms with Gasteiger partial charge in [-0.3, -0.25) is 9.78 Å². The molecule has 0 bridgehead atoms. The summed E-state index contributed by atoms with van der Waals surface area (Å²) in [5.41, 5.74) is 4.13. The van der Waals surface area contributed by atoms with Crippen molar-refractivity contribution in [3.05, 3.63) is 64.2 Å². The Morgan fingerprint density at radius 2 is 2.00 bits per heavy atom. The minimum atomic E-state index is -0.488. The molecule has 32 heavy (non-hydrogen) atoms. The number of H-pyrrole nitrogens is 1. The first-order valence-electron chi connectivity index (χ1n) is 10.6. The Kier molecular flexibility index (Phi) is 5.80. The van der Waals surface area contributed by atoms with Gasteiger partial charge < -0.3 is 10.6 Å². The van der Waals surface area contributed by atoms with Crippen LogP contribution in [-0.4, -0.2) is 33.1 Å². The van der Waals surface area contributed by atoms with Crippen LogP contribution in [0.1, 0.15) is 37.4 Å². The number of nitrogens with one attached hydrogen (secondary N) is 3. The van der Waals surface area contributed by atoms with E-state index in [1.807, 2.05) is 31.3 Å². The van der Waals surface area contributed by atoms with Crippen LogP contribution in [-0.2, 0) is 0 Å². The van der Waals surface area contributed by atoms with Crippen molar-refractivity contribution in [3.8, 4) is 11.3 Å². The van der Waals surface area contributed by atoms with E-state index in [0.717, 1.165) is 53.8 Å². The summed E-state index contributed by atoms with van der Waals surface area (Å²) >= 11 is 12.5. The summed E-state index contributed by atoms with van der Waals surface area (Å²) in [7, 11) is 0. The van der Waals surface area contributed by atoms with Crippen molar-refractivity contribution in [2.45, 2.75) is 31.8 Å². The molecule has 3 N–H and O–H groups in total. The van der Waals surface area contributed by atoms with Crippen LogP contribution in [0.4, 0.5) is 10.1 Å². The van der Waals surface area contributed by atoms with Crippen molar-refractivity contribution in [2.24, 2.45) is 0 Å². The summed E-state index contributed by atoms with van der Waals surface area (Å²) in [4.78, 5) is 0. The van der Waals surface area contributed by atoms with Crippen LogP contribution >= 0.6 is 23.2 Å². The predicted molar refractivity (Wildman–Crippen MR) is 127 cm³/mol. The first-order chi connectivity index (χ1) is 15.5. The standard InChI is InChI=1S/C23H23Cl2FN6/c1-13(21-18(24)3-4-19(26)22(21)25)29-15-2-5-20-17(10-15)23(31-30-20)14-11-28-32(12-14)16-6-8-27-9-7-16/h2-5,10-13,16,27,29H,6-9H2,1H3,(H,30,31). The van der Waals surface area contributed by atoms with Crippen molar-refractivity contribution < 1.29 is 4.39 Å². The van der Waals surface area contributed by atoms with E-state index in [4.69, 9.17) is 23.2 Å². The molecule has 1 atom stereocenters. The van der Waals surface area contributed by atoms with Crippen molar-refractivity contribution >= 4 is 39.8 Å². The molecule has 3 heterocycles. The lowest BCUT2D eigenvalue weighted by Crippen LogP contribution is -2.29. The topological polar surface area (TPSA) is 70.6 Å². The average molecular weight is 473 g/mol. The SMILES string of the molecule is CC(Nc1ccc2[nH]nc(-c3cnn(C4CCNCC4)c3)c2c1)c1c(Cl)ccc(F)c1Cl. The molecule has 1 unspecified atom stereocenters. The molecule has 6 nitrogen and oxygen atoms in total. The quantitative estimate of drug-likeness (QED) is 0.313. The van der Waals surface area contributed by atoms with Gasteiger partial charge in [0, 0.05) is 33.4 Å². The molecule has 0 aliphatic carbocycles. The molecule has 1 aliphatic heterocycles. The molecule has 2 aromatic heterocycles. The third-order valence-electron chi connectivity index (χ3n) is 6.02. The fourth-order valence-electron chi connectivity index (χ4n) is 4.32. The van der Waals surface area contributed by atoms with Gasteiger partial charge in [0.05, 0.1) is 28.8 Å². The van der Waals surface area contributed by atoms with Gasteiger partial charge in [-0.15, -0.1) is 0 Å². The van der Waals surface area contributed by atoms with Crippen LogP contribution in [0.3, 0.4) is 0 Å². The Labute approximate surface area is 195 Å². The molecule has 0 spiro atoms. The van der Waals surface area contributed by atoms with E-state index in [1.54, 1.807) is 0 Å². The number of aromatic amines is 1. The average Bonchev–Trinajstić information content (AvgIpc) is 3.44. The Bertz CT molecular complexity index is 1260. The number of rotatable bonds is 5. The first-order valence-corrected chi connectivity index (χ1v) is 11.4. The highest BCUT2D eigenvalue weighted by molar-refractivity contribution is 6.36. The zero-order valence-corrected chi connectivity index (χ0v) is 19.0. The molecule has 1 fully saturated rings. The van der Waals surface area contributed by atoms with Crippen LogP contribution in [0.25, 0.3) is 22.2 Å². The third-order valence-corrected chi connectivity index (χ3v) is 6.73. The van der Waals surface area contributed by atoms with Gasteiger partial charge in [0.1, 0.15) is 11.5 Å². The van der Waals surface area contributed by atoms with Gasteiger partial charge in [0.15, 0.2) is 0 Å². The number of piperidine rings is 1. The van der Waals surface area contributed by atoms with Crippen molar-refractivity contribution in [2.75, 3.05) is 18.4 Å². The summed E-state index contributed by atoms with van der Waals surface area (Å²) in [6.07, 6.45) is 6.08. The van der Waals surface area contributed by atoms with Gasteiger partial charge >= 0.3 is 0 Å². The molecule has 1 saturated heterocycles. The maximum atomic E-state index is 14.0. The van der Waals surface area contributed by atoms with Crippen LogP contribution in [0.2, 0.25) is 10.0 Å². The Morgan fingerprint density at radius 1 is 1.19 bits per heavy atom. The summed E-state index contributed by atoms with van der Waals surface area (Å²) < 4.78 is 16.0. The number of hydrogen-bond donors (Lipinski definition) is 3. The van der Waals surface area contributed by atoms with E-state index in [1.165, 1.54) is 12.1 Å². The molecule has 2 aromatic carbocycles. The van der Waals surface area contributed by atoms with E-state index >= 15 is 0 Å². The number of fused-ring (bicyclic) bond motifs is 1. The Morgan fingerprint density at radius 3 is 2.81 bits per heavy atom. The molecular formula is C23H23Cl2FN6. The molecular weight excluding hydrogens is 450 g/mol. The van der Waals surface area contributed by atoms with Crippen LogP contribution in [0.15, 0.2) is 42.7 Å². The zero-order chi connectivity index (χ0) is 22.2. The molecule has 9 heteroatoms. The number of benzene rings is 2. The number of hydrogen-bond acceptors (Lipinski definition) is 4. The molecule has 0 radical (unpaired) electrons. The number of halogens is 3. The lowest BCUT2D eigenvalue weighted by molar-refractivity contribution is 0.343. The van der Waals surface area contributed by atoms with Gasteiger partial charge in [-0.1, -0.05) is 23.2 Å². The van der Waals surface area contributed by atoms with E-state index in [9.17, 15) is 4.39 Å². The van der Waals surface area contributed by atoms with E-state index in [2.05, 4.69) is 36.8 Å². The Hall–Kier alpha value is -2.61. The second-order valence-corrected chi connectivity index (χ2v) is 8.93. The summed E-state index contributed by atoms with van der Waals surface area (Å²) in [6, 6.07) is 8.85. The van der Waals surface area contributed by atoms with Gasteiger partial charge in [-0.2, -0.15) is 10.2 Å². The molecule has 5 rings (SSSR count). The van der Waals surface area contributed by atoms with Crippen molar-refractivity contribution in [1.29, 1.82) is 0 Å². The zero-order valence-electron chi connectivity index (χ0n) is 17.5. The normalized spacial score (nSPS) is 15.9. The maximum Gasteiger partial charge on any atom is 0.142 e. The van der Waals surface area contributed by atoms with Crippen LogP contribution < -0.4 is 10.6 Å². The second-order valence-electron chi connectivity index (χ2n) is 8.15. The number of nitrogens with zero attached hydrogens (tertiary/aromatic N) is 3. The molecule has 0 amide bonds. The largest absolute Gasteiger partial charge is 0.378 e. The summed E-state index contributed by atoms with van der Waals surface area (Å²) in [5, 5.41) is 20.4. The minimum absolute atomic E-state index is 0.0351. The van der Waals surface area contributed by atoms with Crippen molar-refractivity contribution in [3.63, 3.8) is 0 Å². The highest BCUT2D eigenvalue weighted by Crippen LogP contribution is 2.35. The number of anilines is 1. The van der Waals surface area contributed by atoms with E-state index in [0.29, 0.717) is 16.6 Å². The monoisotopic (exact) mass is 472 g/mol. The minimum Gasteiger partial charge on any atom is -0.378 e. The first kappa shape index (κ1) is 21.2. The van der Waals surface area contributed by atoms with Crippen molar-refractivity contribution in [1.82, 2.24) is 25.3 Å². The fourth-order valence-corrected chi connectivity index (χ4v) is 5.01. The highest BCUT2D eigenvalue weighted by atomic mass is 35.5. The lowest BCUT2D eigenvalue weighted by atomic mass is 10.1. The fraction of sp³-hybridized carbons (Fsp3) is 0.304. The molecule has 1 aliphatic rings. The highest BCUT2D eigenvalue weighted by Gasteiger charge is 2.19. The smallest absolute Gasteiger partial charge is 0.142 e. The maximum absolute atomic E-state index is 14.0.